The smallest absolute Gasteiger partial charge is 0.345 e. The summed E-state index contributed by atoms with van der Waals surface area (Å²) >= 11 is 5.98. The van der Waals surface area contributed by atoms with Gasteiger partial charge in [-0.1, -0.05) is 23.7 Å². The maximum atomic E-state index is 14.0. The topological polar surface area (TPSA) is 94.8 Å². The molecule has 1 aromatic heterocycles. The molecule has 8 nitrogen and oxygen atoms in total. The first-order valence-electron chi connectivity index (χ1n) is 11.3. The lowest BCUT2D eigenvalue weighted by Crippen LogP contribution is -2.30. The molecule has 0 amide bonds. The van der Waals surface area contributed by atoms with Gasteiger partial charge in [-0.25, -0.2) is 19.2 Å². The first-order valence-corrected chi connectivity index (χ1v) is 11.7. The predicted molar refractivity (Wildman–Crippen MR) is 136 cm³/mol. The lowest BCUT2D eigenvalue weighted by atomic mass is 10.2. The van der Waals surface area contributed by atoms with Crippen molar-refractivity contribution in [1.82, 2.24) is 9.55 Å². The zero-order valence-electron chi connectivity index (χ0n) is 19.7. The van der Waals surface area contributed by atoms with Gasteiger partial charge in [0.1, 0.15) is 11.3 Å². The van der Waals surface area contributed by atoms with E-state index in [4.69, 9.17) is 21.1 Å². The van der Waals surface area contributed by atoms with Crippen LogP contribution in [0, 0.1) is 0 Å². The van der Waals surface area contributed by atoms with Crippen molar-refractivity contribution in [2.24, 2.45) is 4.99 Å². The summed E-state index contributed by atoms with van der Waals surface area (Å²) in [6, 6.07) is 13.6. The molecule has 1 aliphatic rings. The Hall–Kier alpha value is -3.98. The van der Waals surface area contributed by atoms with Gasteiger partial charge in [-0.15, -0.1) is 0 Å². The van der Waals surface area contributed by atoms with E-state index in [0.717, 1.165) is 5.56 Å². The quantitative estimate of drug-likeness (QED) is 0.434. The van der Waals surface area contributed by atoms with Crippen molar-refractivity contribution in [2.45, 2.75) is 32.9 Å². The molecule has 2 aromatic carbocycles. The van der Waals surface area contributed by atoms with Crippen LogP contribution in [0.1, 0.15) is 36.2 Å². The number of benzene rings is 2. The fourth-order valence-corrected chi connectivity index (χ4v) is 3.58. The molecule has 0 saturated carbocycles. The highest BCUT2D eigenvalue weighted by Crippen LogP contribution is 2.22. The van der Waals surface area contributed by atoms with Gasteiger partial charge in [0.2, 0.25) is 5.95 Å². The number of anilines is 2. The zero-order chi connectivity index (χ0) is 25.7. The van der Waals surface area contributed by atoms with Crippen LogP contribution in [0.4, 0.5) is 16.0 Å². The third kappa shape index (κ3) is 5.98. The maximum absolute atomic E-state index is 14.0. The van der Waals surface area contributed by atoms with Crippen molar-refractivity contribution in [3.8, 4) is 5.75 Å². The van der Waals surface area contributed by atoms with Gasteiger partial charge in [-0.2, -0.15) is 0 Å². The van der Waals surface area contributed by atoms with Gasteiger partial charge in [-0.05, 0) is 68.3 Å². The van der Waals surface area contributed by atoms with E-state index in [1.54, 1.807) is 55.5 Å². The molecule has 0 bridgehead atoms. The molecule has 186 valence electrons. The fourth-order valence-electron chi connectivity index (χ4n) is 3.46. The zero-order valence-corrected chi connectivity index (χ0v) is 20.5. The summed E-state index contributed by atoms with van der Waals surface area (Å²) in [7, 11) is 0. The minimum atomic E-state index is -0.742. The van der Waals surface area contributed by atoms with Crippen LogP contribution in [0.15, 0.2) is 76.4 Å². The lowest BCUT2D eigenvalue weighted by molar-refractivity contribution is 0.0523. The van der Waals surface area contributed by atoms with E-state index in [9.17, 15) is 14.0 Å². The predicted octanol–water partition coefficient (Wildman–Crippen LogP) is 5.29. The highest BCUT2D eigenvalue weighted by Gasteiger charge is 2.19. The second kappa shape index (κ2) is 11.2. The number of nitrogens with zero attached hydrogens (tertiary/aromatic N) is 3. The number of carbonyl (C=O) groups is 1. The van der Waals surface area contributed by atoms with Crippen molar-refractivity contribution in [2.75, 3.05) is 11.9 Å². The Kier molecular flexibility index (Phi) is 7.80. The van der Waals surface area contributed by atoms with E-state index in [-0.39, 0.29) is 36.6 Å². The Labute approximate surface area is 212 Å². The number of dihydropyridines is 1. The number of esters is 1. The first kappa shape index (κ1) is 25.1. The van der Waals surface area contributed by atoms with Gasteiger partial charge < -0.3 is 14.8 Å². The van der Waals surface area contributed by atoms with Gasteiger partial charge in [-0.3, -0.25) is 9.36 Å². The van der Waals surface area contributed by atoms with Crippen molar-refractivity contribution in [3.63, 3.8) is 0 Å². The Balaban J connectivity index is 1.60. The summed E-state index contributed by atoms with van der Waals surface area (Å²) < 4.78 is 25.9. The van der Waals surface area contributed by atoms with Crippen LogP contribution in [0.25, 0.3) is 0 Å². The Morgan fingerprint density at radius 3 is 2.61 bits per heavy atom. The Bertz CT molecular complexity index is 1370. The van der Waals surface area contributed by atoms with Gasteiger partial charge in [0.05, 0.1) is 25.4 Å². The van der Waals surface area contributed by atoms with Gasteiger partial charge in [0, 0.05) is 10.7 Å². The summed E-state index contributed by atoms with van der Waals surface area (Å²) in [5.74, 6) is -0.665. The van der Waals surface area contributed by atoms with Crippen molar-refractivity contribution in [3.05, 3.63) is 93.1 Å². The average Bonchev–Trinajstić information content (AvgIpc) is 2.86. The highest BCUT2D eigenvalue weighted by molar-refractivity contribution is 6.30. The summed E-state index contributed by atoms with van der Waals surface area (Å²) in [5, 5.41) is 3.66. The molecule has 0 saturated heterocycles. The van der Waals surface area contributed by atoms with E-state index >= 15 is 0 Å². The van der Waals surface area contributed by atoms with E-state index in [2.05, 4.69) is 15.3 Å². The molecular formula is C26H24ClFN4O4. The molecule has 3 aromatic rings. The van der Waals surface area contributed by atoms with Crippen molar-refractivity contribution >= 4 is 35.1 Å². The molecule has 0 spiro atoms. The van der Waals surface area contributed by atoms with Gasteiger partial charge in [0.15, 0.2) is 5.83 Å². The number of carbonyl (C=O) groups excluding carboxylic acids is 1. The molecule has 4 rings (SSSR count). The monoisotopic (exact) mass is 510 g/mol. The highest BCUT2D eigenvalue weighted by atomic mass is 35.5. The van der Waals surface area contributed by atoms with Crippen molar-refractivity contribution in [1.29, 1.82) is 0 Å². The maximum Gasteiger partial charge on any atom is 0.345 e. The summed E-state index contributed by atoms with van der Waals surface area (Å²) in [5.41, 5.74) is 0.664. The fraction of sp³-hybridized carbons (Fsp3) is 0.231. The number of ether oxygens (including phenoxy) is 2. The van der Waals surface area contributed by atoms with Crippen LogP contribution in [-0.4, -0.2) is 34.1 Å². The second-order valence-corrected chi connectivity index (χ2v) is 8.49. The number of rotatable bonds is 7. The van der Waals surface area contributed by atoms with E-state index in [1.165, 1.54) is 16.8 Å². The molecule has 10 heteroatoms. The van der Waals surface area contributed by atoms with Gasteiger partial charge in [0.25, 0.3) is 11.5 Å². The number of aromatic nitrogens is 2. The van der Waals surface area contributed by atoms with Crippen LogP contribution < -0.4 is 15.6 Å². The van der Waals surface area contributed by atoms with Crippen LogP contribution in [0.3, 0.4) is 0 Å². The average molecular weight is 511 g/mol. The van der Waals surface area contributed by atoms with E-state index < -0.39 is 17.4 Å². The Morgan fingerprint density at radius 1 is 1.19 bits per heavy atom. The molecule has 0 aliphatic carbocycles. The standard InChI is InChI=1S/C26H24ClFN4O4/c1-3-35-25(34)21-14-29-26(32(24(21)33)15-17-5-7-18(27)8-6-17)31-19-9-11-20(12-10-19)36-23-22(28)13-4-16(2)30-23/h5-14,16H,3-4,15H2,1-2H3,(H,29,31). The molecule has 1 unspecified atom stereocenters. The first-order chi connectivity index (χ1) is 17.3. The van der Waals surface area contributed by atoms with Crippen molar-refractivity contribution < 1.29 is 18.7 Å². The normalized spacial score (nSPS) is 15.1. The number of aliphatic imine (C=N–C) groups is 1. The third-order valence-corrected chi connectivity index (χ3v) is 5.55. The van der Waals surface area contributed by atoms with E-state index in [0.29, 0.717) is 22.9 Å². The summed E-state index contributed by atoms with van der Waals surface area (Å²) in [6.45, 7) is 3.81. The minimum absolute atomic E-state index is 0.0533. The summed E-state index contributed by atoms with van der Waals surface area (Å²) in [4.78, 5) is 33.9. The number of nitrogens with one attached hydrogen (secondary N) is 1. The van der Waals surface area contributed by atoms with Crippen LogP contribution in [0.5, 0.6) is 5.75 Å². The van der Waals surface area contributed by atoms with Crippen LogP contribution in [0.2, 0.25) is 5.02 Å². The van der Waals surface area contributed by atoms with Crippen LogP contribution >= 0.6 is 11.6 Å². The SMILES string of the molecule is CCOC(=O)c1cnc(Nc2ccc(OC3=NC(C)CC=C3F)cc2)n(Cc2ccc(Cl)cc2)c1=O. The van der Waals surface area contributed by atoms with Crippen LogP contribution in [-0.2, 0) is 11.3 Å². The Morgan fingerprint density at radius 2 is 1.92 bits per heavy atom. The molecular weight excluding hydrogens is 487 g/mol. The number of halogens is 2. The molecule has 2 heterocycles. The molecule has 1 atom stereocenters. The summed E-state index contributed by atoms with van der Waals surface area (Å²) in [6.07, 6.45) is 3.17. The second-order valence-electron chi connectivity index (χ2n) is 8.06. The number of hydrogen-bond donors (Lipinski definition) is 1. The largest absolute Gasteiger partial charge is 0.462 e. The van der Waals surface area contributed by atoms with E-state index in [1.807, 2.05) is 6.92 Å². The van der Waals surface area contributed by atoms with Gasteiger partial charge >= 0.3 is 5.97 Å². The molecule has 1 N–H and O–H groups in total. The molecule has 1 aliphatic heterocycles. The number of hydrogen-bond acceptors (Lipinski definition) is 7. The lowest BCUT2D eigenvalue weighted by Gasteiger charge is -2.16. The third-order valence-electron chi connectivity index (χ3n) is 5.30. The molecule has 0 radical (unpaired) electrons. The minimum Gasteiger partial charge on any atom is -0.462 e. The molecule has 36 heavy (non-hydrogen) atoms. The molecule has 0 fully saturated rings.